The highest BCUT2D eigenvalue weighted by atomic mass is 16.5. The minimum Gasteiger partial charge on any atom is -0.497 e. The quantitative estimate of drug-likeness (QED) is 0.736. The fourth-order valence-corrected chi connectivity index (χ4v) is 1.40. The number of methoxy groups -OCH3 is 1. The Labute approximate surface area is 90.9 Å². The van der Waals surface area contributed by atoms with Gasteiger partial charge in [0, 0.05) is 19.5 Å². The fourth-order valence-electron chi connectivity index (χ4n) is 1.40. The maximum Gasteiger partial charge on any atom is 0.119 e. The molecule has 1 aromatic carbocycles. The molecule has 15 heavy (non-hydrogen) atoms. The lowest BCUT2D eigenvalue weighted by Crippen LogP contribution is -2.18. The summed E-state index contributed by atoms with van der Waals surface area (Å²) in [5, 5.41) is 8.47. The van der Waals surface area contributed by atoms with E-state index >= 15 is 0 Å². The minimum absolute atomic E-state index is 0.570. The highest BCUT2D eigenvalue weighted by Crippen LogP contribution is 2.13. The number of nitrogens with zero attached hydrogens (tertiary/aromatic N) is 2. The Bertz CT molecular complexity index is 344. The van der Waals surface area contributed by atoms with Crippen LogP contribution in [0.2, 0.25) is 0 Å². The highest BCUT2D eigenvalue weighted by molar-refractivity contribution is 5.28. The van der Waals surface area contributed by atoms with Crippen molar-refractivity contribution in [1.29, 1.82) is 5.26 Å². The van der Waals surface area contributed by atoms with Crippen molar-refractivity contribution in [3.8, 4) is 11.8 Å². The van der Waals surface area contributed by atoms with Crippen LogP contribution in [0.4, 0.5) is 0 Å². The molecule has 0 unspecified atom stereocenters. The van der Waals surface area contributed by atoms with Crippen molar-refractivity contribution in [2.75, 3.05) is 20.7 Å². The third-order valence-corrected chi connectivity index (χ3v) is 2.19. The molecule has 0 saturated carbocycles. The molecule has 3 nitrogen and oxygen atoms in total. The van der Waals surface area contributed by atoms with Gasteiger partial charge in [0.25, 0.3) is 0 Å². The van der Waals surface area contributed by atoms with Crippen molar-refractivity contribution in [3.05, 3.63) is 29.8 Å². The molecular formula is C12H16N2O. The molecule has 1 rings (SSSR count). The number of rotatable bonds is 5. The van der Waals surface area contributed by atoms with Crippen LogP contribution in [0.1, 0.15) is 12.0 Å². The molecule has 0 aliphatic heterocycles. The molecule has 0 heterocycles. The second-order valence-corrected chi connectivity index (χ2v) is 3.50. The van der Waals surface area contributed by atoms with Gasteiger partial charge < -0.3 is 9.64 Å². The molecule has 0 fully saturated rings. The molecule has 0 aromatic heterocycles. The third-order valence-electron chi connectivity index (χ3n) is 2.19. The summed E-state index contributed by atoms with van der Waals surface area (Å²) in [6.07, 6.45) is 0.570. The van der Waals surface area contributed by atoms with Gasteiger partial charge in [0.05, 0.1) is 13.2 Å². The van der Waals surface area contributed by atoms with Crippen LogP contribution in [0.5, 0.6) is 5.75 Å². The zero-order valence-electron chi connectivity index (χ0n) is 9.23. The first kappa shape index (κ1) is 11.5. The molecule has 80 valence electrons. The van der Waals surface area contributed by atoms with Gasteiger partial charge in [0.2, 0.25) is 0 Å². The van der Waals surface area contributed by atoms with E-state index in [0.717, 1.165) is 18.8 Å². The van der Waals surface area contributed by atoms with E-state index < -0.39 is 0 Å². The topological polar surface area (TPSA) is 36.3 Å². The van der Waals surface area contributed by atoms with E-state index in [2.05, 4.69) is 17.0 Å². The summed E-state index contributed by atoms with van der Waals surface area (Å²) in [4.78, 5) is 2.12. The first-order chi connectivity index (χ1) is 7.26. The Balaban J connectivity index is 2.52. The van der Waals surface area contributed by atoms with Gasteiger partial charge in [-0.05, 0) is 24.7 Å². The largest absolute Gasteiger partial charge is 0.497 e. The van der Waals surface area contributed by atoms with Crippen molar-refractivity contribution in [1.82, 2.24) is 4.90 Å². The van der Waals surface area contributed by atoms with Gasteiger partial charge in [0.15, 0.2) is 0 Å². The third kappa shape index (κ3) is 4.01. The molecule has 3 heteroatoms. The molecule has 0 saturated heterocycles. The second-order valence-electron chi connectivity index (χ2n) is 3.50. The summed E-state index contributed by atoms with van der Waals surface area (Å²) >= 11 is 0. The van der Waals surface area contributed by atoms with E-state index in [4.69, 9.17) is 10.00 Å². The summed E-state index contributed by atoms with van der Waals surface area (Å²) in [5.74, 6) is 0.876. The molecule has 1 aromatic rings. The number of ether oxygens (including phenoxy) is 1. The molecule has 0 N–H and O–H groups in total. The molecule has 0 atom stereocenters. The lowest BCUT2D eigenvalue weighted by Gasteiger charge is -2.15. The van der Waals surface area contributed by atoms with Gasteiger partial charge in [-0.25, -0.2) is 0 Å². The van der Waals surface area contributed by atoms with E-state index in [9.17, 15) is 0 Å². The fraction of sp³-hybridized carbons (Fsp3) is 0.417. The SMILES string of the molecule is COc1cccc(CN(C)CCC#N)c1. The van der Waals surface area contributed by atoms with Gasteiger partial charge >= 0.3 is 0 Å². The first-order valence-electron chi connectivity index (χ1n) is 4.94. The molecule has 0 aliphatic carbocycles. The maximum atomic E-state index is 8.47. The lowest BCUT2D eigenvalue weighted by atomic mass is 10.2. The Morgan fingerprint density at radius 1 is 1.47 bits per heavy atom. The zero-order chi connectivity index (χ0) is 11.1. The van der Waals surface area contributed by atoms with Crippen LogP contribution in [0.15, 0.2) is 24.3 Å². The van der Waals surface area contributed by atoms with Gasteiger partial charge in [-0.2, -0.15) is 5.26 Å². The molecule has 0 amide bonds. The Hall–Kier alpha value is -1.53. The van der Waals surface area contributed by atoms with Crippen LogP contribution in [0.25, 0.3) is 0 Å². The predicted octanol–water partition coefficient (Wildman–Crippen LogP) is 2.04. The Morgan fingerprint density at radius 2 is 2.27 bits per heavy atom. The minimum atomic E-state index is 0.570. The van der Waals surface area contributed by atoms with E-state index in [1.165, 1.54) is 5.56 Å². The van der Waals surface area contributed by atoms with Crippen LogP contribution in [-0.4, -0.2) is 25.6 Å². The van der Waals surface area contributed by atoms with E-state index in [-0.39, 0.29) is 0 Å². The van der Waals surface area contributed by atoms with Crippen molar-refractivity contribution in [2.45, 2.75) is 13.0 Å². The van der Waals surface area contributed by atoms with Crippen molar-refractivity contribution < 1.29 is 4.74 Å². The summed E-state index contributed by atoms with van der Waals surface area (Å²) in [7, 11) is 3.68. The second kappa shape index (κ2) is 6.05. The molecule has 0 aliphatic rings. The monoisotopic (exact) mass is 204 g/mol. The standard InChI is InChI=1S/C12H16N2O/c1-14(8-4-7-13)10-11-5-3-6-12(9-11)15-2/h3,5-6,9H,4,8,10H2,1-2H3. The van der Waals surface area contributed by atoms with Crippen LogP contribution in [0, 0.1) is 11.3 Å². The van der Waals surface area contributed by atoms with Crippen LogP contribution in [0.3, 0.4) is 0 Å². The summed E-state index contributed by atoms with van der Waals surface area (Å²) in [5.41, 5.74) is 1.20. The predicted molar refractivity (Wildman–Crippen MR) is 59.6 cm³/mol. The summed E-state index contributed by atoms with van der Waals surface area (Å²) in [6, 6.07) is 10.1. The Kier molecular flexibility index (Phi) is 4.65. The summed E-state index contributed by atoms with van der Waals surface area (Å²) < 4.78 is 5.15. The highest BCUT2D eigenvalue weighted by Gasteiger charge is 2.00. The molecule has 0 spiro atoms. The number of nitriles is 1. The molecular weight excluding hydrogens is 188 g/mol. The average Bonchev–Trinajstić information content (AvgIpc) is 2.26. The summed E-state index contributed by atoms with van der Waals surface area (Å²) in [6.45, 7) is 1.65. The van der Waals surface area contributed by atoms with Gasteiger partial charge in [-0.1, -0.05) is 12.1 Å². The van der Waals surface area contributed by atoms with E-state index in [1.807, 2.05) is 25.2 Å². The molecule has 0 radical (unpaired) electrons. The smallest absolute Gasteiger partial charge is 0.119 e. The lowest BCUT2D eigenvalue weighted by molar-refractivity contribution is 0.334. The first-order valence-corrected chi connectivity index (χ1v) is 4.94. The average molecular weight is 204 g/mol. The van der Waals surface area contributed by atoms with Crippen LogP contribution in [-0.2, 0) is 6.54 Å². The van der Waals surface area contributed by atoms with Crippen molar-refractivity contribution in [2.24, 2.45) is 0 Å². The van der Waals surface area contributed by atoms with Crippen molar-refractivity contribution >= 4 is 0 Å². The van der Waals surface area contributed by atoms with Gasteiger partial charge in [-0.3, -0.25) is 0 Å². The number of hydrogen-bond donors (Lipinski definition) is 0. The molecule has 0 bridgehead atoms. The number of hydrogen-bond acceptors (Lipinski definition) is 3. The van der Waals surface area contributed by atoms with Crippen LogP contribution < -0.4 is 4.74 Å². The number of benzene rings is 1. The van der Waals surface area contributed by atoms with E-state index in [1.54, 1.807) is 7.11 Å². The van der Waals surface area contributed by atoms with Crippen molar-refractivity contribution in [3.63, 3.8) is 0 Å². The normalized spacial score (nSPS) is 10.0. The van der Waals surface area contributed by atoms with Gasteiger partial charge in [-0.15, -0.1) is 0 Å². The zero-order valence-corrected chi connectivity index (χ0v) is 9.23. The van der Waals surface area contributed by atoms with Crippen LogP contribution >= 0.6 is 0 Å². The maximum absolute atomic E-state index is 8.47. The van der Waals surface area contributed by atoms with E-state index in [0.29, 0.717) is 6.42 Å². The van der Waals surface area contributed by atoms with Gasteiger partial charge in [0.1, 0.15) is 5.75 Å². The Morgan fingerprint density at radius 3 is 2.93 bits per heavy atom.